The van der Waals surface area contributed by atoms with Gasteiger partial charge in [-0.05, 0) is 42.3 Å². The third kappa shape index (κ3) is 6.08. The van der Waals surface area contributed by atoms with Crippen LogP contribution in [0.2, 0.25) is 10.0 Å². The summed E-state index contributed by atoms with van der Waals surface area (Å²) in [5, 5.41) is 4.04. The van der Waals surface area contributed by atoms with Gasteiger partial charge >= 0.3 is 0 Å². The topological polar surface area (TPSA) is 74.6 Å². The van der Waals surface area contributed by atoms with Gasteiger partial charge in [-0.15, -0.1) is 0 Å². The van der Waals surface area contributed by atoms with Gasteiger partial charge in [-0.3, -0.25) is 4.79 Å². The van der Waals surface area contributed by atoms with Gasteiger partial charge in [-0.1, -0.05) is 23.2 Å². The summed E-state index contributed by atoms with van der Waals surface area (Å²) in [6.07, 6.45) is 4.30. The summed E-state index contributed by atoms with van der Waals surface area (Å²) in [7, 11) is 5.04. The molecule has 3 aromatic rings. The lowest BCUT2D eigenvalue weighted by Gasteiger charge is -2.20. The Hall–Kier alpha value is -2.90. The van der Waals surface area contributed by atoms with Gasteiger partial charge in [-0.2, -0.15) is 0 Å². The monoisotopic (exact) mass is 477 g/mol. The second-order valence-corrected chi connectivity index (χ2v) is 7.91. The molecule has 0 bridgehead atoms. The summed E-state index contributed by atoms with van der Waals surface area (Å²) < 4.78 is 18.3. The van der Waals surface area contributed by atoms with Crippen molar-refractivity contribution in [2.75, 3.05) is 20.8 Å². The van der Waals surface area contributed by atoms with Crippen LogP contribution in [0.4, 0.5) is 0 Å². The number of rotatable bonds is 10. The standard InChI is InChI=1S/C23H25Cl2N3O4/c1-28-9-8-26-23(28)22(15-11-17(30-2)14-18(12-15)31-3)27-21(29)5-4-10-32-20-7-6-16(24)13-19(20)25/h6-9,11-14,22H,4-5,10H2,1-3H3,(H,27,29)/t22-/m1/s1. The zero-order valence-corrected chi connectivity index (χ0v) is 19.6. The molecule has 1 heterocycles. The second kappa shape index (κ2) is 11.1. The molecule has 9 heteroatoms. The number of nitrogens with zero attached hydrogens (tertiary/aromatic N) is 2. The van der Waals surface area contributed by atoms with Crippen LogP contribution in [-0.4, -0.2) is 36.3 Å². The SMILES string of the molecule is COc1cc(OC)cc([C@@H](NC(=O)CCCOc2ccc(Cl)cc2Cl)c2nccn2C)c1. The number of aromatic nitrogens is 2. The van der Waals surface area contributed by atoms with Crippen molar-refractivity contribution < 1.29 is 19.0 Å². The van der Waals surface area contributed by atoms with Crippen molar-refractivity contribution in [1.29, 1.82) is 0 Å². The van der Waals surface area contributed by atoms with E-state index >= 15 is 0 Å². The number of carbonyl (C=O) groups excluding carboxylic acids is 1. The fourth-order valence-electron chi connectivity index (χ4n) is 3.19. The number of ether oxygens (including phenoxy) is 3. The van der Waals surface area contributed by atoms with Crippen LogP contribution in [-0.2, 0) is 11.8 Å². The number of hydrogen-bond acceptors (Lipinski definition) is 5. The van der Waals surface area contributed by atoms with E-state index in [-0.39, 0.29) is 12.3 Å². The van der Waals surface area contributed by atoms with E-state index in [0.29, 0.717) is 46.1 Å². The van der Waals surface area contributed by atoms with Crippen molar-refractivity contribution in [2.45, 2.75) is 18.9 Å². The molecule has 0 saturated heterocycles. The Labute approximate surface area is 197 Å². The summed E-state index contributed by atoms with van der Waals surface area (Å²) in [6.45, 7) is 0.342. The van der Waals surface area contributed by atoms with Crippen LogP contribution in [0.25, 0.3) is 0 Å². The Bertz CT molecular complexity index is 1050. The molecule has 2 aromatic carbocycles. The average molecular weight is 478 g/mol. The predicted molar refractivity (Wildman–Crippen MR) is 124 cm³/mol. The van der Waals surface area contributed by atoms with E-state index in [9.17, 15) is 4.79 Å². The Balaban J connectivity index is 1.67. The van der Waals surface area contributed by atoms with E-state index in [1.54, 1.807) is 44.7 Å². The number of hydrogen-bond donors (Lipinski definition) is 1. The first-order valence-corrected chi connectivity index (χ1v) is 10.7. The van der Waals surface area contributed by atoms with Gasteiger partial charge in [-0.25, -0.2) is 4.98 Å². The van der Waals surface area contributed by atoms with E-state index in [1.165, 1.54) is 0 Å². The molecule has 32 heavy (non-hydrogen) atoms. The largest absolute Gasteiger partial charge is 0.497 e. The van der Waals surface area contributed by atoms with Gasteiger partial charge in [0.25, 0.3) is 0 Å². The summed E-state index contributed by atoms with van der Waals surface area (Å²) in [6, 6.07) is 10.0. The van der Waals surface area contributed by atoms with Gasteiger partial charge < -0.3 is 24.1 Å². The van der Waals surface area contributed by atoms with Gasteiger partial charge in [0.2, 0.25) is 5.91 Å². The molecule has 3 rings (SSSR count). The molecule has 7 nitrogen and oxygen atoms in total. The van der Waals surface area contributed by atoms with Crippen molar-refractivity contribution in [1.82, 2.24) is 14.9 Å². The Morgan fingerprint density at radius 3 is 2.44 bits per heavy atom. The van der Waals surface area contributed by atoms with Crippen molar-refractivity contribution >= 4 is 29.1 Å². The minimum absolute atomic E-state index is 0.134. The summed E-state index contributed by atoms with van der Waals surface area (Å²) >= 11 is 12.0. The van der Waals surface area contributed by atoms with Crippen LogP contribution in [0.1, 0.15) is 30.3 Å². The van der Waals surface area contributed by atoms with E-state index < -0.39 is 6.04 Å². The maximum atomic E-state index is 12.8. The number of imidazole rings is 1. The highest BCUT2D eigenvalue weighted by Gasteiger charge is 2.22. The van der Waals surface area contributed by atoms with Crippen molar-refractivity contribution in [3.63, 3.8) is 0 Å². The fraction of sp³-hybridized carbons (Fsp3) is 0.304. The first-order valence-electron chi connectivity index (χ1n) is 9.98. The number of methoxy groups -OCH3 is 2. The van der Waals surface area contributed by atoms with E-state index in [1.807, 2.05) is 29.9 Å². The first-order chi connectivity index (χ1) is 15.4. The average Bonchev–Trinajstić information content (AvgIpc) is 3.21. The van der Waals surface area contributed by atoms with Gasteiger partial charge in [0, 0.05) is 37.0 Å². The Morgan fingerprint density at radius 2 is 1.84 bits per heavy atom. The number of benzene rings is 2. The minimum atomic E-state index is -0.474. The quantitative estimate of drug-likeness (QED) is 0.424. The summed E-state index contributed by atoms with van der Waals surface area (Å²) in [4.78, 5) is 17.2. The number of aryl methyl sites for hydroxylation is 1. The van der Waals surface area contributed by atoms with Crippen molar-refractivity contribution in [3.05, 3.63) is 70.2 Å². The molecule has 0 aliphatic rings. The summed E-state index contributed by atoms with van der Waals surface area (Å²) in [5.41, 5.74) is 0.799. The van der Waals surface area contributed by atoms with E-state index in [2.05, 4.69) is 10.3 Å². The second-order valence-electron chi connectivity index (χ2n) is 7.07. The van der Waals surface area contributed by atoms with Gasteiger partial charge in [0.15, 0.2) is 0 Å². The molecule has 0 aliphatic carbocycles. The lowest BCUT2D eigenvalue weighted by molar-refractivity contribution is -0.121. The zero-order valence-electron chi connectivity index (χ0n) is 18.1. The maximum absolute atomic E-state index is 12.8. The predicted octanol–water partition coefficient (Wildman–Crippen LogP) is 4.81. The molecule has 0 aliphatic heterocycles. The highest BCUT2D eigenvalue weighted by Crippen LogP contribution is 2.30. The molecule has 0 fully saturated rings. The van der Waals surface area contributed by atoms with Gasteiger partial charge in [0.1, 0.15) is 29.1 Å². The molecule has 1 aromatic heterocycles. The van der Waals surface area contributed by atoms with Crippen LogP contribution >= 0.6 is 23.2 Å². The lowest BCUT2D eigenvalue weighted by atomic mass is 10.0. The van der Waals surface area contributed by atoms with E-state index in [4.69, 9.17) is 37.4 Å². The molecule has 1 amide bonds. The van der Waals surface area contributed by atoms with Crippen molar-refractivity contribution in [3.8, 4) is 17.2 Å². The molecule has 1 N–H and O–H groups in total. The first kappa shape index (κ1) is 23.8. The maximum Gasteiger partial charge on any atom is 0.220 e. The van der Waals surface area contributed by atoms with Crippen LogP contribution in [0, 0.1) is 0 Å². The smallest absolute Gasteiger partial charge is 0.220 e. The van der Waals surface area contributed by atoms with Crippen molar-refractivity contribution in [2.24, 2.45) is 7.05 Å². The lowest BCUT2D eigenvalue weighted by Crippen LogP contribution is -2.31. The van der Waals surface area contributed by atoms with E-state index in [0.717, 1.165) is 5.56 Å². The molecule has 0 spiro atoms. The molecular formula is C23H25Cl2N3O4. The molecule has 170 valence electrons. The number of amides is 1. The third-order valence-electron chi connectivity index (χ3n) is 4.83. The number of nitrogens with one attached hydrogen (secondary N) is 1. The highest BCUT2D eigenvalue weighted by molar-refractivity contribution is 6.35. The fourth-order valence-corrected chi connectivity index (χ4v) is 3.65. The molecule has 0 saturated carbocycles. The normalized spacial score (nSPS) is 11.7. The van der Waals surface area contributed by atoms with Crippen LogP contribution < -0.4 is 19.5 Å². The number of halogens is 2. The molecule has 0 radical (unpaired) electrons. The summed E-state index contributed by atoms with van der Waals surface area (Å²) in [5.74, 6) is 2.34. The third-order valence-corrected chi connectivity index (χ3v) is 5.36. The minimum Gasteiger partial charge on any atom is -0.497 e. The van der Waals surface area contributed by atoms with Crippen LogP contribution in [0.3, 0.4) is 0 Å². The van der Waals surface area contributed by atoms with Crippen LogP contribution in [0.15, 0.2) is 48.8 Å². The Kier molecular flexibility index (Phi) is 8.25. The zero-order chi connectivity index (χ0) is 23.1. The Morgan fingerprint density at radius 1 is 1.12 bits per heavy atom. The number of carbonyl (C=O) groups is 1. The molecule has 0 unspecified atom stereocenters. The highest BCUT2D eigenvalue weighted by atomic mass is 35.5. The van der Waals surface area contributed by atoms with Gasteiger partial charge in [0.05, 0.1) is 25.8 Å². The van der Waals surface area contributed by atoms with Crippen LogP contribution in [0.5, 0.6) is 17.2 Å². The molecule has 1 atom stereocenters. The molecular weight excluding hydrogens is 453 g/mol.